The number of piperazine rings is 1. The van der Waals surface area contributed by atoms with Crippen LogP contribution in [-0.2, 0) is 7.05 Å². The van der Waals surface area contributed by atoms with Gasteiger partial charge in [0.1, 0.15) is 5.69 Å². The summed E-state index contributed by atoms with van der Waals surface area (Å²) >= 11 is 0. The van der Waals surface area contributed by atoms with E-state index in [1.54, 1.807) is 0 Å². The molecule has 160 valence electrons. The van der Waals surface area contributed by atoms with Crippen molar-refractivity contribution in [2.24, 2.45) is 7.05 Å². The van der Waals surface area contributed by atoms with Crippen molar-refractivity contribution in [1.82, 2.24) is 19.4 Å². The van der Waals surface area contributed by atoms with Gasteiger partial charge in [0.2, 0.25) is 5.95 Å². The molecule has 0 saturated carbocycles. The van der Waals surface area contributed by atoms with Gasteiger partial charge in [0.05, 0.1) is 0 Å². The Balaban J connectivity index is 1.26. The predicted octanol–water partition coefficient (Wildman–Crippen LogP) is 3.04. The second-order valence-corrected chi connectivity index (χ2v) is 8.31. The monoisotopic (exact) mass is 416 g/mol. The lowest BCUT2D eigenvalue weighted by Crippen LogP contribution is -2.49. The van der Waals surface area contributed by atoms with Crippen molar-refractivity contribution < 1.29 is 4.79 Å². The largest absolute Gasteiger partial charge is 0.368 e. The molecule has 7 nitrogen and oxygen atoms in total. The van der Waals surface area contributed by atoms with E-state index >= 15 is 0 Å². The number of aryl methyl sites for hydroxylation is 1. The maximum Gasteiger partial charge on any atom is 0.270 e. The quantitative estimate of drug-likeness (QED) is 0.654. The first-order valence-electron chi connectivity index (χ1n) is 11.0. The minimum Gasteiger partial charge on any atom is -0.368 e. The number of rotatable bonds is 4. The molecule has 0 bridgehead atoms. The standard InChI is InChI=1S/C24H28N6O/c1-27-18-19(20-16-25-24(26-17-20)30-9-5-6-10-30)15-22(27)23(31)29-13-11-28(12-14-29)21-7-3-2-4-8-21/h2-4,7-8,15-18H,5-6,9-14H2,1H3. The van der Waals surface area contributed by atoms with E-state index in [4.69, 9.17) is 0 Å². The average Bonchev–Trinajstić information content (AvgIpc) is 3.50. The molecule has 2 aromatic heterocycles. The van der Waals surface area contributed by atoms with Crippen LogP contribution in [0.5, 0.6) is 0 Å². The first-order valence-corrected chi connectivity index (χ1v) is 11.0. The van der Waals surface area contributed by atoms with Gasteiger partial charge in [-0.15, -0.1) is 0 Å². The molecule has 0 aliphatic carbocycles. The highest BCUT2D eigenvalue weighted by molar-refractivity contribution is 5.94. The molecule has 1 amide bonds. The van der Waals surface area contributed by atoms with E-state index in [-0.39, 0.29) is 5.91 Å². The van der Waals surface area contributed by atoms with E-state index in [0.717, 1.165) is 56.3 Å². The Kier molecular flexibility index (Phi) is 5.32. The minimum atomic E-state index is 0.0797. The fourth-order valence-electron chi connectivity index (χ4n) is 4.45. The third-order valence-corrected chi connectivity index (χ3v) is 6.27. The Hall–Kier alpha value is -3.35. The zero-order valence-corrected chi connectivity index (χ0v) is 17.9. The van der Waals surface area contributed by atoms with Crippen LogP contribution in [0.25, 0.3) is 11.1 Å². The Bertz CT molecular complexity index is 1030. The number of carbonyl (C=O) groups is 1. The lowest BCUT2D eigenvalue weighted by molar-refractivity contribution is 0.0737. The molecule has 2 fully saturated rings. The van der Waals surface area contributed by atoms with E-state index in [1.807, 2.05) is 47.2 Å². The summed E-state index contributed by atoms with van der Waals surface area (Å²) in [6.45, 7) is 5.20. The van der Waals surface area contributed by atoms with E-state index in [2.05, 4.69) is 44.0 Å². The topological polar surface area (TPSA) is 57.5 Å². The van der Waals surface area contributed by atoms with Gasteiger partial charge in [0.25, 0.3) is 5.91 Å². The van der Waals surface area contributed by atoms with Gasteiger partial charge in [-0.05, 0) is 31.0 Å². The van der Waals surface area contributed by atoms with E-state index in [1.165, 1.54) is 18.5 Å². The molecule has 1 aromatic carbocycles. The lowest BCUT2D eigenvalue weighted by atomic mass is 10.1. The number of para-hydroxylation sites is 1. The van der Waals surface area contributed by atoms with Crippen molar-refractivity contribution >= 4 is 17.5 Å². The van der Waals surface area contributed by atoms with Crippen molar-refractivity contribution in [3.8, 4) is 11.1 Å². The highest BCUT2D eigenvalue weighted by Gasteiger charge is 2.24. The molecule has 2 aliphatic heterocycles. The minimum absolute atomic E-state index is 0.0797. The van der Waals surface area contributed by atoms with Crippen LogP contribution in [0.2, 0.25) is 0 Å². The second kappa shape index (κ2) is 8.41. The molecule has 0 N–H and O–H groups in total. The Morgan fingerprint density at radius 2 is 1.52 bits per heavy atom. The molecule has 7 heteroatoms. The zero-order valence-electron chi connectivity index (χ0n) is 17.9. The summed E-state index contributed by atoms with van der Waals surface area (Å²) in [7, 11) is 1.93. The number of hydrogen-bond donors (Lipinski definition) is 0. The maximum atomic E-state index is 13.2. The number of aromatic nitrogens is 3. The van der Waals surface area contributed by atoms with Gasteiger partial charge in [-0.1, -0.05) is 18.2 Å². The summed E-state index contributed by atoms with van der Waals surface area (Å²) in [5, 5.41) is 0. The van der Waals surface area contributed by atoms with Crippen LogP contribution in [0.1, 0.15) is 23.3 Å². The van der Waals surface area contributed by atoms with Crippen LogP contribution in [0.4, 0.5) is 11.6 Å². The molecule has 4 heterocycles. The van der Waals surface area contributed by atoms with Crippen molar-refractivity contribution in [1.29, 1.82) is 0 Å². The summed E-state index contributed by atoms with van der Waals surface area (Å²) in [5.41, 5.74) is 3.83. The molecule has 0 radical (unpaired) electrons. The molecule has 2 aliphatic rings. The summed E-state index contributed by atoms with van der Waals surface area (Å²) in [5.74, 6) is 0.876. The normalized spacial score (nSPS) is 16.7. The molecule has 2 saturated heterocycles. The van der Waals surface area contributed by atoms with Crippen molar-refractivity contribution in [3.05, 3.63) is 60.7 Å². The summed E-state index contributed by atoms with van der Waals surface area (Å²) in [6.07, 6.45) is 8.12. The van der Waals surface area contributed by atoms with Crippen molar-refractivity contribution in [2.75, 3.05) is 49.1 Å². The SMILES string of the molecule is Cn1cc(-c2cnc(N3CCCC3)nc2)cc1C(=O)N1CCN(c2ccccc2)CC1. The number of nitrogens with zero attached hydrogens (tertiary/aromatic N) is 6. The van der Waals surface area contributed by atoms with Crippen LogP contribution in [0.15, 0.2) is 55.0 Å². The summed E-state index contributed by atoms with van der Waals surface area (Å²) < 4.78 is 1.91. The summed E-state index contributed by atoms with van der Waals surface area (Å²) in [6, 6.07) is 12.3. The smallest absolute Gasteiger partial charge is 0.270 e. The third kappa shape index (κ3) is 4.00. The third-order valence-electron chi connectivity index (χ3n) is 6.27. The molecule has 0 atom stereocenters. The van der Waals surface area contributed by atoms with Crippen LogP contribution >= 0.6 is 0 Å². The highest BCUT2D eigenvalue weighted by Crippen LogP contribution is 2.24. The number of carbonyl (C=O) groups excluding carboxylic acids is 1. The Labute approximate surface area is 182 Å². The highest BCUT2D eigenvalue weighted by atomic mass is 16.2. The van der Waals surface area contributed by atoms with Gasteiger partial charge >= 0.3 is 0 Å². The van der Waals surface area contributed by atoms with Gasteiger partial charge in [0.15, 0.2) is 0 Å². The summed E-state index contributed by atoms with van der Waals surface area (Å²) in [4.78, 5) is 28.8. The molecular weight excluding hydrogens is 388 g/mol. The first kappa shape index (κ1) is 19.6. The zero-order chi connectivity index (χ0) is 21.2. The van der Waals surface area contributed by atoms with Crippen LogP contribution in [0, 0.1) is 0 Å². The van der Waals surface area contributed by atoms with Gasteiger partial charge < -0.3 is 19.3 Å². The van der Waals surface area contributed by atoms with Crippen molar-refractivity contribution in [2.45, 2.75) is 12.8 Å². The van der Waals surface area contributed by atoms with Crippen molar-refractivity contribution in [3.63, 3.8) is 0 Å². The van der Waals surface area contributed by atoms with Gasteiger partial charge in [0, 0.05) is 81.7 Å². The molecular formula is C24H28N6O. The Morgan fingerprint density at radius 1 is 0.839 bits per heavy atom. The van der Waals surface area contributed by atoms with Crippen LogP contribution in [0.3, 0.4) is 0 Å². The van der Waals surface area contributed by atoms with E-state index < -0.39 is 0 Å². The number of anilines is 2. The second-order valence-electron chi connectivity index (χ2n) is 8.31. The van der Waals surface area contributed by atoms with Gasteiger partial charge in [-0.3, -0.25) is 4.79 Å². The maximum absolute atomic E-state index is 13.2. The van der Waals surface area contributed by atoms with Gasteiger partial charge in [-0.25, -0.2) is 9.97 Å². The first-order chi connectivity index (χ1) is 15.2. The van der Waals surface area contributed by atoms with Gasteiger partial charge in [-0.2, -0.15) is 0 Å². The molecule has 3 aromatic rings. The number of benzene rings is 1. The Morgan fingerprint density at radius 3 is 2.19 bits per heavy atom. The number of amides is 1. The predicted molar refractivity (Wildman–Crippen MR) is 122 cm³/mol. The molecule has 0 unspecified atom stereocenters. The van der Waals surface area contributed by atoms with Crippen LogP contribution in [-0.4, -0.2) is 64.6 Å². The van der Waals surface area contributed by atoms with E-state index in [9.17, 15) is 4.79 Å². The molecule has 5 rings (SSSR count). The fraction of sp³-hybridized carbons (Fsp3) is 0.375. The van der Waals surface area contributed by atoms with Crippen LogP contribution < -0.4 is 9.80 Å². The lowest BCUT2D eigenvalue weighted by Gasteiger charge is -2.36. The number of hydrogen-bond acceptors (Lipinski definition) is 5. The average molecular weight is 417 g/mol. The molecule has 31 heavy (non-hydrogen) atoms. The molecule has 0 spiro atoms. The fourth-order valence-corrected chi connectivity index (χ4v) is 4.45. The van der Waals surface area contributed by atoms with E-state index in [0.29, 0.717) is 5.69 Å².